The van der Waals surface area contributed by atoms with Crippen LogP contribution >= 0.6 is 0 Å². The molecule has 1 aliphatic carbocycles. The van der Waals surface area contributed by atoms with Crippen LogP contribution in [0.25, 0.3) is 16.7 Å². The van der Waals surface area contributed by atoms with Gasteiger partial charge in [0.1, 0.15) is 11.0 Å². The number of hydrogen-bond acceptors (Lipinski definition) is 6. The van der Waals surface area contributed by atoms with E-state index in [0.717, 1.165) is 24.7 Å². The maximum Gasteiger partial charge on any atom is 0.257 e. The van der Waals surface area contributed by atoms with Crippen LogP contribution in [0.4, 0.5) is 15.8 Å². The molecule has 1 saturated carbocycles. The van der Waals surface area contributed by atoms with Crippen molar-refractivity contribution in [1.29, 1.82) is 0 Å². The van der Waals surface area contributed by atoms with Crippen molar-refractivity contribution in [3.8, 4) is 0 Å². The lowest BCUT2D eigenvalue weighted by Gasteiger charge is -2.45. The van der Waals surface area contributed by atoms with Gasteiger partial charge in [-0.1, -0.05) is 0 Å². The molecule has 9 heteroatoms. The standard InChI is InChI=1S/C27H30FN7O/c1-16-11-34-15-20(10-22(28)26(34)31-16)32-27(36)21-6-7-23(25-24(21)29-8-9-30-25)33-12-17(2)35(18(3)13-33)14-19-4-5-19/h6-11,15,17-19H,4-5,12-14H2,1-3H3,(H,32,36)/t17-,18-/m1/s1. The predicted molar refractivity (Wildman–Crippen MR) is 138 cm³/mol. The van der Waals surface area contributed by atoms with E-state index in [2.05, 4.69) is 43.9 Å². The van der Waals surface area contributed by atoms with Crippen molar-refractivity contribution in [2.45, 2.75) is 45.7 Å². The average Bonchev–Trinajstić information content (AvgIpc) is 3.59. The Morgan fingerprint density at radius 1 is 1.08 bits per heavy atom. The first-order chi connectivity index (χ1) is 17.4. The van der Waals surface area contributed by atoms with E-state index in [0.29, 0.717) is 40.1 Å². The second kappa shape index (κ2) is 8.81. The van der Waals surface area contributed by atoms with Crippen molar-refractivity contribution in [1.82, 2.24) is 24.3 Å². The number of aryl methyl sites for hydroxylation is 1. The third kappa shape index (κ3) is 4.17. The van der Waals surface area contributed by atoms with Gasteiger partial charge >= 0.3 is 0 Å². The van der Waals surface area contributed by atoms with Gasteiger partial charge in [-0.25, -0.2) is 9.37 Å². The summed E-state index contributed by atoms with van der Waals surface area (Å²) in [6.45, 7) is 9.36. The second-order valence-corrected chi connectivity index (χ2v) is 10.3. The van der Waals surface area contributed by atoms with Gasteiger partial charge in [0.25, 0.3) is 5.91 Å². The number of amides is 1. The molecule has 8 nitrogen and oxygen atoms in total. The number of nitrogens with one attached hydrogen (secondary N) is 1. The van der Waals surface area contributed by atoms with E-state index in [1.807, 2.05) is 6.07 Å². The quantitative estimate of drug-likeness (QED) is 0.453. The Morgan fingerprint density at radius 3 is 2.53 bits per heavy atom. The highest BCUT2D eigenvalue weighted by Crippen LogP contribution is 2.34. The molecule has 0 bridgehead atoms. The molecule has 36 heavy (non-hydrogen) atoms. The Morgan fingerprint density at radius 2 is 1.81 bits per heavy atom. The molecule has 4 aromatic rings. The van der Waals surface area contributed by atoms with E-state index in [9.17, 15) is 9.18 Å². The number of carbonyl (C=O) groups is 1. The van der Waals surface area contributed by atoms with Crippen LogP contribution in [0.1, 0.15) is 42.7 Å². The Kier molecular flexibility index (Phi) is 5.59. The summed E-state index contributed by atoms with van der Waals surface area (Å²) in [4.78, 5) is 31.6. The van der Waals surface area contributed by atoms with Gasteiger partial charge in [0.2, 0.25) is 0 Å². The van der Waals surface area contributed by atoms with Crippen molar-refractivity contribution in [3.63, 3.8) is 0 Å². The van der Waals surface area contributed by atoms with E-state index in [-0.39, 0.29) is 11.6 Å². The Bertz CT molecular complexity index is 1450. The molecule has 186 valence electrons. The minimum Gasteiger partial charge on any atom is -0.367 e. The van der Waals surface area contributed by atoms with Crippen LogP contribution in [0.5, 0.6) is 0 Å². The highest BCUT2D eigenvalue weighted by atomic mass is 19.1. The third-order valence-electron chi connectivity index (χ3n) is 7.34. The summed E-state index contributed by atoms with van der Waals surface area (Å²) in [5.74, 6) is 0.00141. The average molecular weight is 488 g/mol. The number of benzene rings is 1. The molecule has 2 aliphatic rings. The van der Waals surface area contributed by atoms with Crippen molar-refractivity contribution in [2.24, 2.45) is 5.92 Å². The minimum absolute atomic E-state index is 0.229. The van der Waals surface area contributed by atoms with Gasteiger partial charge in [-0.2, -0.15) is 0 Å². The van der Waals surface area contributed by atoms with Crippen LogP contribution in [0, 0.1) is 18.7 Å². The predicted octanol–water partition coefficient (Wildman–Crippen LogP) is 4.29. The molecular weight excluding hydrogens is 457 g/mol. The lowest BCUT2D eigenvalue weighted by Crippen LogP contribution is -2.57. The highest BCUT2D eigenvalue weighted by molar-refractivity contribution is 6.13. The smallest absolute Gasteiger partial charge is 0.257 e. The van der Waals surface area contributed by atoms with Gasteiger partial charge in [-0.15, -0.1) is 0 Å². The molecule has 1 aliphatic heterocycles. The number of fused-ring (bicyclic) bond motifs is 2. The maximum absolute atomic E-state index is 14.5. The molecule has 0 radical (unpaired) electrons. The summed E-state index contributed by atoms with van der Waals surface area (Å²) < 4.78 is 16.1. The molecule has 6 rings (SSSR count). The Labute approximate surface area is 209 Å². The number of carbonyl (C=O) groups excluding carboxylic acids is 1. The number of imidazole rings is 1. The van der Waals surface area contributed by atoms with Crippen molar-refractivity contribution in [2.75, 3.05) is 29.9 Å². The van der Waals surface area contributed by atoms with Crippen molar-refractivity contribution in [3.05, 3.63) is 60.1 Å². The van der Waals surface area contributed by atoms with E-state index < -0.39 is 5.82 Å². The molecule has 1 aromatic carbocycles. The third-order valence-corrected chi connectivity index (χ3v) is 7.34. The molecule has 3 aromatic heterocycles. The molecule has 2 fully saturated rings. The first kappa shape index (κ1) is 22.8. The normalized spacial score (nSPS) is 20.8. The molecular formula is C27H30FN7O. The largest absolute Gasteiger partial charge is 0.367 e. The van der Waals surface area contributed by atoms with Crippen molar-refractivity contribution >= 4 is 34.0 Å². The van der Waals surface area contributed by atoms with Crippen LogP contribution in [0.2, 0.25) is 0 Å². The summed E-state index contributed by atoms with van der Waals surface area (Å²) in [5.41, 5.74) is 3.90. The van der Waals surface area contributed by atoms with Crippen LogP contribution in [0.3, 0.4) is 0 Å². The number of piperazine rings is 1. The minimum atomic E-state index is -0.495. The zero-order valence-electron chi connectivity index (χ0n) is 20.8. The van der Waals surface area contributed by atoms with Gasteiger partial charge in [0.05, 0.1) is 22.6 Å². The molecule has 0 unspecified atom stereocenters. The van der Waals surface area contributed by atoms with E-state index in [1.54, 1.807) is 42.2 Å². The highest BCUT2D eigenvalue weighted by Gasteiger charge is 2.34. The van der Waals surface area contributed by atoms with Gasteiger partial charge in [-0.05, 0) is 51.7 Å². The number of nitrogens with zero attached hydrogens (tertiary/aromatic N) is 6. The fourth-order valence-corrected chi connectivity index (χ4v) is 5.44. The zero-order valence-corrected chi connectivity index (χ0v) is 20.8. The maximum atomic E-state index is 14.5. The van der Waals surface area contributed by atoms with Crippen molar-refractivity contribution < 1.29 is 9.18 Å². The summed E-state index contributed by atoms with van der Waals surface area (Å²) >= 11 is 0. The van der Waals surface area contributed by atoms with Gasteiger partial charge in [-0.3, -0.25) is 19.7 Å². The van der Waals surface area contributed by atoms with Gasteiger partial charge in [0.15, 0.2) is 11.5 Å². The zero-order chi connectivity index (χ0) is 25.0. The number of anilines is 2. The molecule has 2 atom stereocenters. The molecule has 1 N–H and O–H groups in total. The van der Waals surface area contributed by atoms with E-state index >= 15 is 0 Å². The second-order valence-electron chi connectivity index (χ2n) is 10.3. The number of hydrogen-bond donors (Lipinski definition) is 1. The van der Waals surface area contributed by atoms with Gasteiger partial charge < -0.3 is 14.6 Å². The lowest BCUT2D eigenvalue weighted by atomic mass is 10.0. The Balaban J connectivity index is 1.29. The summed E-state index contributed by atoms with van der Waals surface area (Å²) in [7, 11) is 0. The van der Waals surface area contributed by atoms with Crippen LogP contribution in [0.15, 0.2) is 43.0 Å². The Hall–Kier alpha value is -3.59. The van der Waals surface area contributed by atoms with Crippen LogP contribution in [-0.2, 0) is 0 Å². The summed E-state index contributed by atoms with van der Waals surface area (Å²) in [6, 6.07) is 5.90. The number of rotatable bonds is 5. The van der Waals surface area contributed by atoms with E-state index in [4.69, 9.17) is 0 Å². The fraction of sp³-hybridized carbons (Fsp3) is 0.407. The fourth-order valence-electron chi connectivity index (χ4n) is 5.44. The van der Waals surface area contributed by atoms with Crippen LogP contribution < -0.4 is 10.2 Å². The summed E-state index contributed by atoms with van der Waals surface area (Å²) in [6.07, 6.45) is 9.34. The number of halogens is 1. The number of aromatic nitrogens is 4. The molecule has 0 spiro atoms. The molecule has 1 saturated heterocycles. The lowest BCUT2D eigenvalue weighted by molar-refractivity contribution is 0.102. The number of pyridine rings is 1. The van der Waals surface area contributed by atoms with E-state index in [1.165, 1.54) is 25.5 Å². The van der Waals surface area contributed by atoms with Gasteiger partial charge in [0, 0.05) is 62.6 Å². The summed E-state index contributed by atoms with van der Waals surface area (Å²) in [5, 5.41) is 2.82. The van der Waals surface area contributed by atoms with Crippen LogP contribution in [-0.4, -0.2) is 61.9 Å². The SMILES string of the molecule is Cc1cn2cc(NC(=O)c3ccc(N4C[C@@H](C)N(CC5CC5)[C@H](C)C4)c4nccnc34)cc(F)c2n1. The first-order valence-electron chi connectivity index (χ1n) is 12.6. The molecule has 4 heterocycles. The monoisotopic (exact) mass is 487 g/mol. The first-order valence-corrected chi connectivity index (χ1v) is 12.6. The topological polar surface area (TPSA) is 78.7 Å². The molecule has 1 amide bonds.